The molecule has 1 fully saturated rings. The number of hydrogen-bond acceptors (Lipinski definition) is 2. The van der Waals surface area contributed by atoms with Crippen LogP contribution in [0.2, 0.25) is 0 Å². The van der Waals surface area contributed by atoms with Crippen LogP contribution in [0.5, 0.6) is 0 Å². The first-order chi connectivity index (χ1) is 8.79. The summed E-state index contributed by atoms with van der Waals surface area (Å²) in [5.74, 6) is -3.18. The second-order valence-corrected chi connectivity index (χ2v) is 4.62. The van der Waals surface area contributed by atoms with E-state index in [-0.39, 0.29) is 12.8 Å². The van der Waals surface area contributed by atoms with Crippen molar-refractivity contribution < 1.29 is 27.9 Å². The first-order valence-electron chi connectivity index (χ1n) is 5.71. The van der Waals surface area contributed by atoms with Crippen molar-refractivity contribution in [3.8, 4) is 0 Å². The molecule has 6 heteroatoms. The molecule has 0 amide bonds. The van der Waals surface area contributed by atoms with Gasteiger partial charge in [-0.05, 0) is 24.0 Å². The van der Waals surface area contributed by atoms with Crippen LogP contribution in [0.4, 0.5) is 13.2 Å². The second kappa shape index (κ2) is 4.68. The molecule has 1 aromatic rings. The molecule has 1 aromatic carbocycles. The minimum absolute atomic E-state index is 0.0156. The van der Waals surface area contributed by atoms with Crippen LogP contribution in [-0.4, -0.2) is 16.9 Å². The van der Waals surface area contributed by atoms with Crippen molar-refractivity contribution in [2.75, 3.05) is 0 Å². The van der Waals surface area contributed by atoms with Gasteiger partial charge in [0.25, 0.3) is 0 Å². The van der Waals surface area contributed by atoms with Crippen molar-refractivity contribution in [3.05, 3.63) is 35.4 Å². The number of benzene rings is 1. The van der Waals surface area contributed by atoms with Gasteiger partial charge in [-0.1, -0.05) is 18.2 Å². The topological polar surface area (TPSA) is 54.4 Å². The molecule has 0 aliphatic heterocycles. The van der Waals surface area contributed by atoms with Crippen molar-refractivity contribution in [3.63, 3.8) is 0 Å². The molecule has 0 bridgehead atoms. The third-order valence-electron chi connectivity index (χ3n) is 3.34. The summed E-state index contributed by atoms with van der Waals surface area (Å²) in [6, 6.07) is 4.71. The van der Waals surface area contributed by atoms with Gasteiger partial charge in [0.05, 0.1) is 5.56 Å². The van der Waals surface area contributed by atoms with E-state index >= 15 is 0 Å². The summed E-state index contributed by atoms with van der Waals surface area (Å²) in [5.41, 5.74) is -0.414. The number of halogens is 3. The number of ketones is 1. The number of carbonyl (C=O) groups is 2. The van der Waals surface area contributed by atoms with Crippen molar-refractivity contribution in [2.24, 2.45) is 5.92 Å². The van der Waals surface area contributed by atoms with E-state index in [1.54, 1.807) is 0 Å². The molecule has 1 saturated carbocycles. The molecule has 0 spiro atoms. The Labute approximate surface area is 107 Å². The summed E-state index contributed by atoms with van der Waals surface area (Å²) >= 11 is 0. The first kappa shape index (κ1) is 13.6. The van der Waals surface area contributed by atoms with Gasteiger partial charge in [0.2, 0.25) is 0 Å². The Morgan fingerprint density at radius 2 is 2.00 bits per heavy atom. The summed E-state index contributed by atoms with van der Waals surface area (Å²) in [4.78, 5) is 22.3. The summed E-state index contributed by atoms with van der Waals surface area (Å²) in [5, 5.41) is 8.83. The highest BCUT2D eigenvalue weighted by molar-refractivity contribution is 6.00. The molecule has 19 heavy (non-hydrogen) atoms. The molecule has 3 nitrogen and oxygen atoms in total. The highest BCUT2D eigenvalue weighted by Gasteiger charge is 2.39. The minimum Gasteiger partial charge on any atom is -0.481 e. The van der Waals surface area contributed by atoms with Crippen molar-refractivity contribution in [2.45, 2.75) is 24.9 Å². The normalized spacial score (nSPS) is 23.6. The molecule has 1 N–H and O–H groups in total. The third-order valence-corrected chi connectivity index (χ3v) is 3.34. The van der Waals surface area contributed by atoms with Crippen molar-refractivity contribution >= 4 is 11.8 Å². The lowest BCUT2D eigenvalue weighted by Gasteiger charge is -2.12. The fraction of sp³-hybridized carbons (Fsp3) is 0.385. The minimum atomic E-state index is -4.44. The van der Waals surface area contributed by atoms with Crippen molar-refractivity contribution in [1.29, 1.82) is 0 Å². The highest BCUT2D eigenvalue weighted by Crippen LogP contribution is 2.38. The molecule has 0 aromatic heterocycles. The van der Waals surface area contributed by atoms with Crippen LogP contribution in [0.1, 0.15) is 29.9 Å². The molecule has 2 atom stereocenters. The maximum atomic E-state index is 12.6. The third kappa shape index (κ3) is 2.77. The van der Waals surface area contributed by atoms with E-state index in [9.17, 15) is 22.8 Å². The van der Waals surface area contributed by atoms with Crippen LogP contribution in [-0.2, 0) is 15.8 Å². The number of carboxylic acid groups (broad SMARTS) is 1. The Morgan fingerprint density at radius 1 is 1.32 bits per heavy atom. The lowest BCUT2D eigenvalue weighted by atomic mass is 9.95. The monoisotopic (exact) mass is 272 g/mol. The van der Waals surface area contributed by atoms with Crippen LogP contribution in [0, 0.1) is 5.92 Å². The zero-order valence-electron chi connectivity index (χ0n) is 9.78. The van der Waals surface area contributed by atoms with Gasteiger partial charge in [-0.15, -0.1) is 0 Å². The van der Waals surface area contributed by atoms with E-state index in [2.05, 4.69) is 0 Å². The van der Waals surface area contributed by atoms with E-state index in [0.29, 0.717) is 5.56 Å². The van der Waals surface area contributed by atoms with Crippen LogP contribution in [0.3, 0.4) is 0 Å². The Kier molecular flexibility index (Phi) is 3.34. The molecular formula is C13H11F3O3. The quantitative estimate of drug-likeness (QED) is 0.842. The lowest BCUT2D eigenvalue weighted by Crippen LogP contribution is -2.17. The maximum absolute atomic E-state index is 12.6. The van der Waals surface area contributed by atoms with Crippen LogP contribution >= 0.6 is 0 Å². The van der Waals surface area contributed by atoms with Crippen molar-refractivity contribution in [1.82, 2.24) is 0 Å². The maximum Gasteiger partial charge on any atom is 0.416 e. The number of hydrogen-bond donors (Lipinski definition) is 1. The number of alkyl halides is 3. The fourth-order valence-corrected chi connectivity index (χ4v) is 2.35. The molecule has 0 saturated heterocycles. The highest BCUT2D eigenvalue weighted by atomic mass is 19.4. The average Bonchev–Trinajstić information content (AvgIpc) is 2.70. The summed E-state index contributed by atoms with van der Waals surface area (Å²) in [6.45, 7) is 0. The van der Waals surface area contributed by atoms with Gasteiger partial charge >= 0.3 is 12.1 Å². The Morgan fingerprint density at radius 3 is 2.53 bits per heavy atom. The molecule has 102 valence electrons. The number of carboxylic acids is 1. The standard InChI is InChI=1S/C13H11F3O3/c14-13(15,16)9-3-1-2-7(4-9)8-5-10(12(18)19)11(17)6-8/h1-4,8,10H,5-6H2,(H,18,19)/t8-,10?/m0/s1. The van der Waals surface area contributed by atoms with Crippen LogP contribution in [0.25, 0.3) is 0 Å². The van der Waals surface area contributed by atoms with Gasteiger partial charge in [0.1, 0.15) is 11.7 Å². The predicted octanol–water partition coefficient (Wildman–Crippen LogP) is 2.85. The molecule has 1 aliphatic rings. The number of rotatable bonds is 2. The molecule has 0 radical (unpaired) electrons. The zero-order chi connectivity index (χ0) is 14.2. The molecule has 0 heterocycles. The van der Waals surface area contributed by atoms with E-state index in [0.717, 1.165) is 12.1 Å². The molecule has 1 unspecified atom stereocenters. The lowest BCUT2D eigenvalue weighted by molar-refractivity contribution is -0.145. The fourth-order valence-electron chi connectivity index (χ4n) is 2.35. The smallest absolute Gasteiger partial charge is 0.416 e. The predicted molar refractivity (Wildman–Crippen MR) is 59.6 cm³/mol. The van der Waals surface area contributed by atoms with Crippen LogP contribution in [0.15, 0.2) is 24.3 Å². The van der Waals surface area contributed by atoms with Gasteiger partial charge in [-0.25, -0.2) is 0 Å². The first-order valence-corrected chi connectivity index (χ1v) is 5.71. The summed E-state index contributed by atoms with van der Waals surface area (Å²) < 4.78 is 37.7. The second-order valence-electron chi connectivity index (χ2n) is 4.62. The van der Waals surface area contributed by atoms with E-state index in [1.165, 1.54) is 12.1 Å². The largest absolute Gasteiger partial charge is 0.481 e. The SMILES string of the molecule is O=C(O)C1C[C@H](c2cccc(C(F)(F)F)c2)CC1=O. The van der Waals surface area contributed by atoms with E-state index in [1.807, 2.05) is 0 Å². The van der Waals surface area contributed by atoms with Gasteiger partial charge in [-0.3, -0.25) is 9.59 Å². The van der Waals surface area contributed by atoms with Gasteiger partial charge < -0.3 is 5.11 Å². The Bertz CT molecular complexity index is 522. The van der Waals surface area contributed by atoms with Crippen LogP contribution < -0.4 is 0 Å². The summed E-state index contributed by atoms with van der Waals surface area (Å²) in [7, 11) is 0. The number of Topliss-reactive ketones (excluding diaryl/α,β-unsaturated/α-hetero) is 1. The molecule has 2 rings (SSSR count). The molecular weight excluding hydrogens is 261 g/mol. The number of carbonyl (C=O) groups excluding carboxylic acids is 1. The zero-order valence-corrected chi connectivity index (χ0v) is 9.78. The Hall–Kier alpha value is -1.85. The van der Waals surface area contributed by atoms with Gasteiger partial charge in [0.15, 0.2) is 0 Å². The number of aliphatic carboxylic acids is 1. The van der Waals surface area contributed by atoms with Gasteiger partial charge in [-0.2, -0.15) is 13.2 Å². The average molecular weight is 272 g/mol. The Balaban J connectivity index is 2.25. The van der Waals surface area contributed by atoms with E-state index in [4.69, 9.17) is 5.11 Å². The summed E-state index contributed by atoms with van der Waals surface area (Å²) in [6.07, 6.45) is -4.39. The molecule has 1 aliphatic carbocycles. The van der Waals surface area contributed by atoms with Gasteiger partial charge in [0, 0.05) is 6.42 Å². The van der Waals surface area contributed by atoms with E-state index < -0.39 is 35.3 Å².